The predicted molar refractivity (Wildman–Crippen MR) is 79.7 cm³/mol. The van der Waals surface area contributed by atoms with E-state index in [4.69, 9.17) is 5.11 Å². The fraction of sp³-hybridized carbons (Fsp3) is 0.588. The minimum atomic E-state index is -0.721. The number of unbranched alkanes of at least 4 members (excludes halogenated alkanes) is 2. The van der Waals surface area contributed by atoms with Gasteiger partial charge in [-0.15, -0.1) is 0 Å². The summed E-state index contributed by atoms with van der Waals surface area (Å²) in [6.45, 7) is 6.63. The Kier molecular flexibility index (Phi) is 6.61. The molecule has 0 spiro atoms. The van der Waals surface area contributed by atoms with E-state index in [1.807, 2.05) is 0 Å². The number of rotatable bonds is 8. The van der Waals surface area contributed by atoms with Crippen molar-refractivity contribution in [2.45, 2.75) is 65.2 Å². The van der Waals surface area contributed by atoms with E-state index in [-0.39, 0.29) is 6.42 Å². The third-order valence-corrected chi connectivity index (χ3v) is 3.87. The smallest absolute Gasteiger partial charge is 0.303 e. The van der Waals surface area contributed by atoms with E-state index >= 15 is 0 Å². The highest BCUT2D eigenvalue weighted by molar-refractivity contribution is 5.67. The van der Waals surface area contributed by atoms with Gasteiger partial charge in [0.05, 0.1) is 0 Å². The lowest BCUT2D eigenvalue weighted by Gasteiger charge is -2.17. The molecule has 0 aromatic heterocycles. The topological polar surface area (TPSA) is 37.3 Å². The molecule has 1 aromatic rings. The van der Waals surface area contributed by atoms with Crippen molar-refractivity contribution in [3.63, 3.8) is 0 Å². The molecule has 19 heavy (non-hydrogen) atoms. The second-order valence-electron chi connectivity index (χ2n) is 5.42. The molecule has 1 rings (SSSR count). The standard InChI is InChI=1S/C17H26O2/c1-4-5-6-8-13(2)16-10-7-9-15(14(16)3)11-12-17(18)19/h7,9-10,13H,4-6,8,11-12H2,1-3H3,(H,18,19). The van der Waals surface area contributed by atoms with Crippen LogP contribution in [0.2, 0.25) is 0 Å². The van der Waals surface area contributed by atoms with Crippen LogP contribution in [0.25, 0.3) is 0 Å². The van der Waals surface area contributed by atoms with Gasteiger partial charge in [-0.2, -0.15) is 0 Å². The van der Waals surface area contributed by atoms with E-state index in [2.05, 4.69) is 39.0 Å². The summed E-state index contributed by atoms with van der Waals surface area (Å²) < 4.78 is 0. The SMILES string of the molecule is CCCCCC(C)c1cccc(CCC(=O)O)c1C. The van der Waals surface area contributed by atoms with Crippen molar-refractivity contribution in [1.82, 2.24) is 0 Å². The zero-order valence-corrected chi connectivity index (χ0v) is 12.4. The number of aliphatic carboxylic acids is 1. The van der Waals surface area contributed by atoms with Crippen molar-refractivity contribution in [3.05, 3.63) is 34.9 Å². The quantitative estimate of drug-likeness (QED) is 0.690. The van der Waals surface area contributed by atoms with E-state index in [1.165, 1.54) is 42.4 Å². The Morgan fingerprint density at radius 1 is 1.32 bits per heavy atom. The first-order chi connectivity index (χ1) is 9.06. The molecule has 0 aliphatic heterocycles. The van der Waals surface area contributed by atoms with Crippen LogP contribution in [0.5, 0.6) is 0 Å². The highest BCUT2D eigenvalue weighted by Crippen LogP contribution is 2.27. The van der Waals surface area contributed by atoms with Gasteiger partial charge >= 0.3 is 5.97 Å². The van der Waals surface area contributed by atoms with Crippen LogP contribution in [-0.4, -0.2) is 11.1 Å². The molecule has 0 aliphatic carbocycles. The van der Waals surface area contributed by atoms with Gasteiger partial charge in [0.15, 0.2) is 0 Å². The molecule has 1 atom stereocenters. The van der Waals surface area contributed by atoms with Crippen LogP contribution in [0, 0.1) is 6.92 Å². The monoisotopic (exact) mass is 262 g/mol. The molecule has 0 fully saturated rings. The fourth-order valence-electron chi connectivity index (χ4n) is 2.61. The molecule has 0 heterocycles. The predicted octanol–water partition coefficient (Wildman–Crippen LogP) is 4.70. The van der Waals surface area contributed by atoms with E-state index in [1.54, 1.807) is 0 Å². The molecule has 106 valence electrons. The first kappa shape index (κ1) is 15.7. The van der Waals surface area contributed by atoms with Crippen LogP contribution in [0.1, 0.15) is 68.6 Å². The van der Waals surface area contributed by atoms with Crippen molar-refractivity contribution < 1.29 is 9.90 Å². The van der Waals surface area contributed by atoms with Gasteiger partial charge in [0.2, 0.25) is 0 Å². The maximum absolute atomic E-state index is 10.7. The van der Waals surface area contributed by atoms with Crippen molar-refractivity contribution in [2.75, 3.05) is 0 Å². The highest BCUT2D eigenvalue weighted by Gasteiger charge is 2.11. The minimum absolute atomic E-state index is 0.217. The Hall–Kier alpha value is -1.31. The van der Waals surface area contributed by atoms with Gasteiger partial charge in [0.25, 0.3) is 0 Å². The number of benzene rings is 1. The van der Waals surface area contributed by atoms with Gasteiger partial charge in [-0.05, 0) is 42.4 Å². The fourth-order valence-corrected chi connectivity index (χ4v) is 2.61. The minimum Gasteiger partial charge on any atom is -0.481 e. The molecule has 0 amide bonds. The third kappa shape index (κ3) is 5.06. The van der Waals surface area contributed by atoms with E-state index in [0.29, 0.717) is 12.3 Å². The number of hydrogen-bond donors (Lipinski definition) is 1. The lowest BCUT2D eigenvalue weighted by Crippen LogP contribution is -2.03. The van der Waals surface area contributed by atoms with Crippen molar-refractivity contribution >= 4 is 5.97 Å². The van der Waals surface area contributed by atoms with Crippen LogP contribution in [0.4, 0.5) is 0 Å². The Labute approximate surface area is 116 Å². The molecule has 0 saturated carbocycles. The Morgan fingerprint density at radius 3 is 2.68 bits per heavy atom. The van der Waals surface area contributed by atoms with Crippen molar-refractivity contribution in [2.24, 2.45) is 0 Å². The van der Waals surface area contributed by atoms with Gasteiger partial charge < -0.3 is 5.11 Å². The Balaban J connectivity index is 2.72. The Bertz CT molecular complexity index is 410. The third-order valence-electron chi connectivity index (χ3n) is 3.87. The molecular formula is C17H26O2. The number of carboxylic acids is 1. The molecule has 0 saturated heterocycles. The normalized spacial score (nSPS) is 12.4. The number of hydrogen-bond acceptors (Lipinski definition) is 1. The summed E-state index contributed by atoms with van der Waals surface area (Å²) in [6, 6.07) is 6.31. The summed E-state index contributed by atoms with van der Waals surface area (Å²) in [7, 11) is 0. The van der Waals surface area contributed by atoms with Gasteiger partial charge in [-0.1, -0.05) is 51.3 Å². The molecule has 0 aliphatic rings. The summed E-state index contributed by atoms with van der Waals surface area (Å²) in [6.07, 6.45) is 5.89. The van der Waals surface area contributed by atoms with Crippen LogP contribution in [0.3, 0.4) is 0 Å². The lowest BCUT2D eigenvalue weighted by atomic mass is 9.88. The second kappa shape index (κ2) is 7.98. The molecular weight excluding hydrogens is 236 g/mol. The zero-order valence-electron chi connectivity index (χ0n) is 12.4. The maximum atomic E-state index is 10.7. The van der Waals surface area contributed by atoms with Gasteiger partial charge in [0.1, 0.15) is 0 Å². The number of carbonyl (C=O) groups is 1. The van der Waals surface area contributed by atoms with Crippen LogP contribution >= 0.6 is 0 Å². The number of carboxylic acid groups (broad SMARTS) is 1. The van der Waals surface area contributed by atoms with Crippen molar-refractivity contribution in [1.29, 1.82) is 0 Å². The van der Waals surface area contributed by atoms with Crippen LogP contribution in [-0.2, 0) is 11.2 Å². The lowest BCUT2D eigenvalue weighted by molar-refractivity contribution is -0.136. The van der Waals surface area contributed by atoms with Gasteiger partial charge in [0, 0.05) is 6.42 Å². The molecule has 1 aromatic carbocycles. The Morgan fingerprint density at radius 2 is 2.05 bits per heavy atom. The van der Waals surface area contributed by atoms with E-state index in [9.17, 15) is 4.79 Å². The molecule has 0 radical (unpaired) electrons. The highest BCUT2D eigenvalue weighted by atomic mass is 16.4. The summed E-state index contributed by atoms with van der Waals surface area (Å²) in [4.78, 5) is 10.7. The average Bonchev–Trinajstić information content (AvgIpc) is 2.37. The van der Waals surface area contributed by atoms with Crippen LogP contribution < -0.4 is 0 Å². The summed E-state index contributed by atoms with van der Waals surface area (Å²) in [5.41, 5.74) is 3.86. The average molecular weight is 262 g/mol. The summed E-state index contributed by atoms with van der Waals surface area (Å²) in [5, 5.41) is 8.79. The van der Waals surface area contributed by atoms with E-state index in [0.717, 1.165) is 0 Å². The molecule has 0 bridgehead atoms. The van der Waals surface area contributed by atoms with Crippen LogP contribution in [0.15, 0.2) is 18.2 Å². The summed E-state index contributed by atoms with van der Waals surface area (Å²) >= 11 is 0. The van der Waals surface area contributed by atoms with Gasteiger partial charge in [-0.3, -0.25) is 4.79 Å². The van der Waals surface area contributed by atoms with E-state index < -0.39 is 5.97 Å². The van der Waals surface area contributed by atoms with Crippen molar-refractivity contribution in [3.8, 4) is 0 Å². The first-order valence-corrected chi connectivity index (χ1v) is 7.36. The largest absolute Gasteiger partial charge is 0.481 e. The first-order valence-electron chi connectivity index (χ1n) is 7.36. The maximum Gasteiger partial charge on any atom is 0.303 e. The van der Waals surface area contributed by atoms with Gasteiger partial charge in [-0.25, -0.2) is 0 Å². The molecule has 2 heteroatoms. The zero-order chi connectivity index (χ0) is 14.3. The molecule has 1 unspecified atom stereocenters. The molecule has 1 N–H and O–H groups in total. The molecule has 2 nitrogen and oxygen atoms in total. The summed E-state index contributed by atoms with van der Waals surface area (Å²) in [5.74, 6) is -0.155. The number of aryl methyl sites for hydroxylation is 1. The second-order valence-corrected chi connectivity index (χ2v) is 5.42.